The van der Waals surface area contributed by atoms with Crippen LogP contribution in [0.5, 0.6) is 0 Å². The average molecular weight is 561 g/mol. The van der Waals surface area contributed by atoms with Crippen molar-refractivity contribution < 1.29 is 0 Å². The van der Waals surface area contributed by atoms with E-state index in [9.17, 15) is 0 Å². The molecule has 0 saturated heterocycles. The maximum absolute atomic E-state index is 2.70. The van der Waals surface area contributed by atoms with Crippen molar-refractivity contribution >= 4 is 0 Å². The Hall–Kier alpha value is -0.660. The fraction of sp³-hybridized carbons (Fsp3) is 0.947. The average Bonchev–Trinajstić information content (AvgIpc) is 3.35. The quantitative estimate of drug-likeness (QED) is 0.0755. The number of hydrogen-bond donors (Lipinski definition) is 0. The Kier molecular flexibility index (Phi) is 27.9. The van der Waals surface area contributed by atoms with Crippen molar-refractivity contribution in [1.82, 2.24) is 9.80 Å². The zero-order valence-electron chi connectivity index (χ0n) is 28.3. The normalized spacial score (nSPS) is 15.1. The van der Waals surface area contributed by atoms with E-state index in [1.165, 1.54) is 206 Å². The predicted molar refractivity (Wildman–Crippen MR) is 182 cm³/mol. The van der Waals surface area contributed by atoms with Gasteiger partial charge in [-0.3, -0.25) is 0 Å². The van der Waals surface area contributed by atoms with E-state index in [0.717, 1.165) is 0 Å². The van der Waals surface area contributed by atoms with Crippen molar-refractivity contribution in [2.45, 2.75) is 220 Å². The third-order valence-electron chi connectivity index (χ3n) is 9.32. The van der Waals surface area contributed by atoms with Gasteiger partial charge in [0, 0.05) is 25.5 Å². The van der Waals surface area contributed by atoms with E-state index in [-0.39, 0.29) is 0 Å². The Bertz CT molecular complexity index is 516. The molecule has 0 bridgehead atoms. The van der Waals surface area contributed by atoms with Gasteiger partial charge in [-0.15, -0.1) is 0 Å². The topological polar surface area (TPSA) is 6.48 Å². The van der Waals surface area contributed by atoms with Crippen LogP contribution in [0.15, 0.2) is 12.4 Å². The van der Waals surface area contributed by atoms with Crippen LogP contribution in [0.3, 0.4) is 0 Å². The smallest absolute Gasteiger partial charge is 0.101 e. The van der Waals surface area contributed by atoms with E-state index >= 15 is 0 Å². The summed E-state index contributed by atoms with van der Waals surface area (Å²) >= 11 is 0. The van der Waals surface area contributed by atoms with E-state index in [0.29, 0.717) is 6.17 Å². The second-order valence-corrected chi connectivity index (χ2v) is 13.2. The highest BCUT2D eigenvalue weighted by atomic mass is 15.4. The number of hydrogen-bond acceptors (Lipinski definition) is 2. The molecule has 0 radical (unpaired) electrons. The summed E-state index contributed by atoms with van der Waals surface area (Å²) in [6.07, 6.45) is 48.5. The lowest BCUT2D eigenvalue weighted by molar-refractivity contribution is 0.135. The van der Waals surface area contributed by atoms with E-state index in [1.54, 1.807) is 0 Å². The number of rotatable bonds is 32. The molecule has 0 saturated carbocycles. The van der Waals surface area contributed by atoms with E-state index in [1.807, 2.05) is 0 Å². The van der Waals surface area contributed by atoms with Crippen LogP contribution in [0.4, 0.5) is 0 Å². The maximum atomic E-state index is 2.70. The van der Waals surface area contributed by atoms with Crippen LogP contribution in [-0.2, 0) is 0 Å². The molecule has 40 heavy (non-hydrogen) atoms. The molecule has 238 valence electrons. The summed E-state index contributed by atoms with van der Waals surface area (Å²) in [5.41, 5.74) is 0. The van der Waals surface area contributed by atoms with Gasteiger partial charge in [0.15, 0.2) is 0 Å². The Morgan fingerprint density at radius 3 is 0.875 bits per heavy atom. The molecule has 1 heterocycles. The number of unbranched alkanes of at least 4 members (excludes halogenated alkanes) is 26. The standard InChI is InChI=1S/C38H76N2/c1-4-7-10-13-15-16-17-18-19-20-21-22-23-24-26-29-32-35-40-37-36-39(34-31-28-25-14-11-8-5-2)38(40)33-30-27-12-9-6-3/h36-38H,4-35H2,1-3H3. The van der Waals surface area contributed by atoms with E-state index in [2.05, 4.69) is 43.0 Å². The van der Waals surface area contributed by atoms with Gasteiger partial charge in [0.05, 0.1) is 0 Å². The molecule has 0 spiro atoms. The predicted octanol–water partition coefficient (Wildman–Crippen LogP) is 13.2. The van der Waals surface area contributed by atoms with Gasteiger partial charge >= 0.3 is 0 Å². The van der Waals surface area contributed by atoms with Gasteiger partial charge in [-0.05, 0) is 25.7 Å². The highest BCUT2D eigenvalue weighted by Gasteiger charge is 2.24. The molecule has 0 fully saturated rings. The first-order valence-electron chi connectivity index (χ1n) is 19.0. The van der Waals surface area contributed by atoms with Crippen LogP contribution in [0, 0.1) is 0 Å². The second kappa shape index (κ2) is 29.8. The van der Waals surface area contributed by atoms with Gasteiger partial charge in [-0.2, -0.15) is 0 Å². The molecule has 0 aromatic carbocycles. The van der Waals surface area contributed by atoms with Gasteiger partial charge in [0.2, 0.25) is 0 Å². The maximum Gasteiger partial charge on any atom is 0.101 e. The van der Waals surface area contributed by atoms with Gasteiger partial charge in [0.25, 0.3) is 0 Å². The molecule has 0 aromatic heterocycles. The Balaban J connectivity index is 2.07. The molecule has 1 unspecified atom stereocenters. The molecule has 1 atom stereocenters. The Morgan fingerprint density at radius 2 is 0.575 bits per heavy atom. The molecular weight excluding hydrogens is 484 g/mol. The first kappa shape index (κ1) is 37.4. The molecular formula is C38H76N2. The van der Waals surface area contributed by atoms with Crippen molar-refractivity contribution in [3.63, 3.8) is 0 Å². The third-order valence-corrected chi connectivity index (χ3v) is 9.32. The summed E-state index contributed by atoms with van der Waals surface area (Å²) in [6.45, 7) is 9.48. The first-order chi connectivity index (χ1) is 19.8. The van der Waals surface area contributed by atoms with Crippen molar-refractivity contribution in [1.29, 1.82) is 0 Å². The van der Waals surface area contributed by atoms with Crippen LogP contribution in [0.2, 0.25) is 0 Å². The van der Waals surface area contributed by atoms with Crippen molar-refractivity contribution in [2.24, 2.45) is 0 Å². The first-order valence-corrected chi connectivity index (χ1v) is 19.0. The fourth-order valence-electron chi connectivity index (χ4n) is 6.54. The lowest BCUT2D eigenvalue weighted by Crippen LogP contribution is -2.39. The fourth-order valence-corrected chi connectivity index (χ4v) is 6.54. The van der Waals surface area contributed by atoms with E-state index in [4.69, 9.17) is 0 Å². The lowest BCUT2D eigenvalue weighted by atomic mass is 10.0. The highest BCUT2D eigenvalue weighted by Crippen LogP contribution is 2.24. The van der Waals surface area contributed by atoms with Crippen molar-refractivity contribution in [3.8, 4) is 0 Å². The van der Waals surface area contributed by atoms with Gasteiger partial charge in [0.1, 0.15) is 6.17 Å². The van der Waals surface area contributed by atoms with Crippen LogP contribution < -0.4 is 0 Å². The van der Waals surface area contributed by atoms with E-state index < -0.39 is 0 Å². The van der Waals surface area contributed by atoms with Gasteiger partial charge in [-0.1, -0.05) is 188 Å². The number of nitrogens with zero attached hydrogens (tertiary/aromatic N) is 2. The summed E-state index contributed by atoms with van der Waals surface area (Å²) in [5.74, 6) is 0. The molecule has 0 aliphatic carbocycles. The zero-order chi connectivity index (χ0) is 28.8. The molecule has 2 heteroatoms. The minimum atomic E-state index is 0.641. The zero-order valence-corrected chi connectivity index (χ0v) is 28.3. The van der Waals surface area contributed by atoms with Crippen LogP contribution in [0.25, 0.3) is 0 Å². The summed E-state index contributed by atoms with van der Waals surface area (Å²) in [6, 6.07) is 0. The second-order valence-electron chi connectivity index (χ2n) is 13.2. The molecule has 2 nitrogen and oxygen atoms in total. The summed E-state index contributed by atoms with van der Waals surface area (Å²) in [4.78, 5) is 5.39. The van der Waals surface area contributed by atoms with Crippen LogP contribution in [0.1, 0.15) is 213 Å². The minimum absolute atomic E-state index is 0.641. The molecule has 1 aliphatic rings. The van der Waals surface area contributed by atoms with Crippen LogP contribution >= 0.6 is 0 Å². The van der Waals surface area contributed by atoms with Gasteiger partial charge in [-0.25, -0.2) is 0 Å². The molecule has 0 amide bonds. The Morgan fingerprint density at radius 1 is 0.325 bits per heavy atom. The van der Waals surface area contributed by atoms with Gasteiger partial charge < -0.3 is 9.80 Å². The third kappa shape index (κ3) is 22.0. The largest absolute Gasteiger partial charge is 0.356 e. The van der Waals surface area contributed by atoms with Crippen molar-refractivity contribution in [2.75, 3.05) is 13.1 Å². The summed E-state index contributed by atoms with van der Waals surface area (Å²) < 4.78 is 0. The van der Waals surface area contributed by atoms with Crippen molar-refractivity contribution in [3.05, 3.63) is 12.4 Å². The van der Waals surface area contributed by atoms with Crippen LogP contribution in [-0.4, -0.2) is 29.1 Å². The summed E-state index contributed by atoms with van der Waals surface area (Å²) in [5, 5.41) is 0. The molecule has 0 N–H and O–H groups in total. The summed E-state index contributed by atoms with van der Waals surface area (Å²) in [7, 11) is 0. The SMILES string of the molecule is CCCCCCCCCCCCCCCCCCCN1C=CN(CCCCCCCCC)C1CCCCCCC. The monoisotopic (exact) mass is 561 g/mol. The lowest BCUT2D eigenvalue weighted by Gasteiger charge is -2.33. The molecule has 1 aliphatic heterocycles. The molecule has 1 rings (SSSR count). The molecule has 0 aromatic rings. The highest BCUT2D eigenvalue weighted by molar-refractivity contribution is 4.97. The minimum Gasteiger partial charge on any atom is -0.356 e. The Labute approximate surface area is 254 Å².